The van der Waals surface area contributed by atoms with Gasteiger partial charge in [-0.25, -0.2) is 14.8 Å². The zero-order valence-corrected chi connectivity index (χ0v) is 70.1. The first-order valence-corrected chi connectivity index (χ1v) is 44.9. The molecule has 2 aliphatic heterocycles. The summed E-state index contributed by atoms with van der Waals surface area (Å²) in [7, 11) is 0. The zero-order valence-electron chi connectivity index (χ0n) is 70.1. The number of aromatic nitrogens is 4. The number of para-hydroxylation sites is 4. The Morgan fingerprint density at radius 3 is 0.974 bits per heavy atom. The second kappa shape index (κ2) is 50.5. The van der Waals surface area contributed by atoms with Crippen molar-refractivity contribution in [2.75, 3.05) is 26.4 Å². The highest BCUT2D eigenvalue weighted by molar-refractivity contribution is 6.03. The molecule has 0 fully saturated rings. The van der Waals surface area contributed by atoms with Crippen LogP contribution in [0.3, 0.4) is 0 Å². The lowest BCUT2D eigenvalue weighted by Crippen LogP contribution is -2.00. The van der Waals surface area contributed by atoms with E-state index in [4.69, 9.17) is 28.9 Å². The number of H-pyrrole nitrogens is 2. The van der Waals surface area contributed by atoms with Crippen molar-refractivity contribution in [2.24, 2.45) is 0 Å². The zero-order chi connectivity index (χ0) is 80.1. The van der Waals surface area contributed by atoms with Crippen molar-refractivity contribution in [3.05, 3.63) is 185 Å². The third-order valence-electron chi connectivity index (χ3n) is 22.4. The maximum Gasteiger partial charge on any atom is 0.346 e. The molecule has 5 aromatic carbocycles. The number of carboxylic acid groups (broad SMARTS) is 1. The fraction of sp³-hybridized carbons (Fsp3) is 0.462. The van der Waals surface area contributed by atoms with E-state index in [9.17, 15) is 15.2 Å². The van der Waals surface area contributed by atoms with Crippen LogP contribution in [0.2, 0.25) is 0 Å². The molecule has 2 aliphatic rings. The Balaban J connectivity index is 1.18. The number of fused-ring (bicyclic) bond motifs is 8. The van der Waals surface area contributed by atoms with Gasteiger partial charge in [0.25, 0.3) is 0 Å². The molecule has 0 spiro atoms. The first kappa shape index (κ1) is 87.5. The van der Waals surface area contributed by atoms with Crippen molar-refractivity contribution in [3.8, 4) is 85.4 Å². The van der Waals surface area contributed by atoms with Crippen LogP contribution in [-0.4, -0.2) is 57.4 Å². The summed E-state index contributed by atoms with van der Waals surface area (Å²) >= 11 is 0. The molecule has 8 bridgehead atoms. The molecule has 0 atom stereocenters. The second-order valence-electron chi connectivity index (χ2n) is 31.6. The van der Waals surface area contributed by atoms with E-state index >= 15 is 0 Å². The highest BCUT2D eigenvalue weighted by Gasteiger charge is 2.25. The molecule has 11 nitrogen and oxygen atoms in total. The van der Waals surface area contributed by atoms with Crippen molar-refractivity contribution >= 4 is 58.4 Å². The predicted octanol–water partition coefficient (Wildman–Crippen LogP) is 29.9. The van der Waals surface area contributed by atoms with Crippen LogP contribution in [0.4, 0.5) is 0 Å². The molecule has 11 heteroatoms. The van der Waals surface area contributed by atoms with Gasteiger partial charge in [-0.15, -0.1) is 0 Å². The Morgan fingerprint density at radius 2 is 0.652 bits per heavy atom. The lowest BCUT2D eigenvalue weighted by Gasteiger charge is -2.14. The summed E-state index contributed by atoms with van der Waals surface area (Å²) in [4.78, 5) is 31.9. The molecule has 8 aromatic rings. The molecular formula is C104H131N5O6. The summed E-state index contributed by atoms with van der Waals surface area (Å²) < 4.78 is 28.0. The summed E-state index contributed by atoms with van der Waals surface area (Å²) in [5.41, 5.74) is 14.8. The number of aliphatic carboxylic acids is 1. The molecule has 0 aliphatic carbocycles. The number of rotatable bonds is 54. The van der Waals surface area contributed by atoms with Gasteiger partial charge in [0, 0.05) is 61.1 Å². The Hall–Kier alpha value is -9.84. The van der Waals surface area contributed by atoms with Crippen LogP contribution in [0.5, 0.6) is 23.0 Å². The number of nitrogens with zero attached hydrogens (tertiary/aromatic N) is 3. The van der Waals surface area contributed by atoms with Gasteiger partial charge in [0.05, 0.1) is 65.8 Å². The maximum absolute atomic E-state index is 12.0. The van der Waals surface area contributed by atoms with Crippen LogP contribution in [0.1, 0.15) is 324 Å². The summed E-state index contributed by atoms with van der Waals surface area (Å²) in [6.45, 7) is 11.4. The summed E-state index contributed by atoms with van der Waals surface area (Å²) in [6, 6.07) is 49.3. The van der Waals surface area contributed by atoms with E-state index in [1.165, 1.54) is 212 Å². The first-order valence-electron chi connectivity index (χ1n) is 44.9. The summed E-state index contributed by atoms with van der Waals surface area (Å²) in [6.07, 6.45) is 59.2. The van der Waals surface area contributed by atoms with Gasteiger partial charge in [0.15, 0.2) is 0 Å². The van der Waals surface area contributed by atoms with Gasteiger partial charge in [-0.05, 0) is 116 Å². The molecule has 3 aromatic heterocycles. The number of hydrogen-bond acceptors (Lipinski definition) is 8. The molecular weight excluding hydrogens is 1420 g/mol. The van der Waals surface area contributed by atoms with Crippen LogP contribution < -0.4 is 18.9 Å². The first-order chi connectivity index (χ1) is 56.8. The van der Waals surface area contributed by atoms with Crippen molar-refractivity contribution in [2.45, 2.75) is 285 Å². The maximum atomic E-state index is 12.0. The van der Waals surface area contributed by atoms with Crippen molar-refractivity contribution in [1.29, 1.82) is 5.26 Å². The van der Waals surface area contributed by atoms with Gasteiger partial charge < -0.3 is 34.0 Å². The average molecular weight is 1550 g/mol. The fourth-order valence-electron chi connectivity index (χ4n) is 15.9. The topological polar surface area (TPSA) is 155 Å². The summed E-state index contributed by atoms with van der Waals surface area (Å²) in [5, 5.41) is 19.5. The molecule has 10 rings (SSSR count). The molecule has 3 N–H and O–H groups in total. The Bertz CT molecular complexity index is 4670. The van der Waals surface area contributed by atoms with Crippen LogP contribution in [0.25, 0.3) is 97.0 Å². The molecule has 5 heterocycles. The number of hydrogen-bond donors (Lipinski definition) is 3. The normalized spacial score (nSPS) is 11.8. The lowest BCUT2D eigenvalue weighted by atomic mass is 10.00. The highest BCUT2D eigenvalue weighted by atomic mass is 16.5. The van der Waals surface area contributed by atoms with E-state index in [0.717, 1.165) is 158 Å². The molecule has 0 amide bonds. The Kier molecular flexibility index (Phi) is 38.4. The molecule has 0 radical (unpaired) electrons. The van der Waals surface area contributed by atoms with Crippen LogP contribution in [0.15, 0.2) is 145 Å². The number of carboxylic acids is 1. The van der Waals surface area contributed by atoms with Crippen molar-refractivity contribution in [3.63, 3.8) is 0 Å². The monoisotopic (exact) mass is 1550 g/mol. The summed E-state index contributed by atoms with van der Waals surface area (Å²) in [5.74, 6) is 9.03. The van der Waals surface area contributed by atoms with E-state index in [1.54, 1.807) is 12.1 Å². The van der Waals surface area contributed by atoms with E-state index in [0.29, 0.717) is 48.8 Å². The van der Waals surface area contributed by atoms with Crippen LogP contribution in [-0.2, 0) is 4.79 Å². The van der Waals surface area contributed by atoms with Gasteiger partial charge in [0.2, 0.25) is 0 Å². The third kappa shape index (κ3) is 27.7. The van der Waals surface area contributed by atoms with E-state index in [2.05, 4.69) is 189 Å². The van der Waals surface area contributed by atoms with Crippen LogP contribution >= 0.6 is 0 Å². The fourth-order valence-corrected chi connectivity index (χ4v) is 15.9. The molecule has 0 saturated heterocycles. The number of unbranched alkanes of at least 4 members (excludes halogenated alkanes) is 36. The van der Waals surface area contributed by atoms with Gasteiger partial charge >= 0.3 is 5.97 Å². The SMILES string of the molecule is CCCCCCCCCCCCOc1ccccc1-c1c2nc(c(-c3ccccc3OCCCCCCCCCCCC)c3cc(C#Cc4ccc(/C=C(/C#N)C(=O)O)cc4)c([nH]3)c(-c3ccccc3OCCCCCCCCCCCC)c3nc(c(-c4ccccc4OCCCCCCCCCCCC)c4ccc1[nH]4)C=C3)C=C2. The van der Waals surface area contributed by atoms with Crippen molar-refractivity contribution < 1.29 is 28.8 Å². The van der Waals surface area contributed by atoms with Gasteiger partial charge in [-0.2, -0.15) is 5.26 Å². The predicted molar refractivity (Wildman–Crippen MR) is 484 cm³/mol. The largest absolute Gasteiger partial charge is 0.493 e. The minimum atomic E-state index is -1.28. The Morgan fingerprint density at radius 1 is 0.357 bits per heavy atom. The average Bonchev–Trinajstić information content (AvgIpc) is 1.61. The van der Waals surface area contributed by atoms with Gasteiger partial charge in [0.1, 0.15) is 34.6 Å². The molecule has 0 unspecified atom stereocenters. The van der Waals surface area contributed by atoms with E-state index in [1.807, 2.05) is 18.2 Å². The van der Waals surface area contributed by atoms with E-state index in [-0.39, 0.29) is 5.57 Å². The number of carbonyl (C=O) groups is 1. The van der Waals surface area contributed by atoms with Crippen molar-refractivity contribution in [1.82, 2.24) is 19.9 Å². The van der Waals surface area contributed by atoms with Gasteiger partial charge in [-0.1, -0.05) is 356 Å². The molecule has 0 saturated carbocycles. The lowest BCUT2D eigenvalue weighted by molar-refractivity contribution is -0.132. The number of nitriles is 1. The standard InChI is InChI=1S/C104H131N5O6/c1-5-9-13-17-21-25-29-33-37-49-73-112-95-57-45-41-53-84(95)99-88-67-68-89(106-88)100(85-54-42-46-58-96(85)113-74-50-38-34-30-26-22-18-14-10-6-2)91-71-72-93(108-91)102(87-56-44-48-60-98(87)115-76-52-40-36-32-28-24-20-16-12-8-4)103-82(66-65-80-61-63-81(64-62-80)77-83(79-105)104(110)111)78-94(109-103)101(92-70-69-90(99)107-92)86-55-43-47-59-97(86)114-75-51-39-35-31-27-23-19-15-11-7-3/h41-48,53-64,67-72,77-78,106,109H,5-40,49-52,73-76H2,1-4H3,(H,110,111)/b83-77-,99-88?,99-90?,100-89?,100-91?,101-92?,101-94?,102-93?,103-102?. The number of ether oxygens (including phenoxy) is 4. The quantitative estimate of drug-likeness (QED) is 0.0146. The molecule has 608 valence electrons. The second-order valence-corrected chi connectivity index (χ2v) is 31.6. The van der Waals surface area contributed by atoms with E-state index < -0.39 is 5.97 Å². The number of benzene rings is 5. The smallest absolute Gasteiger partial charge is 0.346 e. The third-order valence-corrected chi connectivity index (χ3v) is 22.4. The van der Waals surface area contributed by atoms with Crippen LogP contribution in [0, 0.1) is 23.2 Å². The number of aromatic amines is 2. The minimum absolute atomic E-state index is 0.350. The molecule has 115 heavy (non-hydrogen) atoms. The minimum Gasteiger partial charge on any atom is -0.493 e. The van der Waals surface area contributed by atoms with Gasteiger partial charge in [-0.3, -0.25) is 0 Å². The highest BCUT2D eigenvalue weighted by Crippen LogP contribution is 2.45. The number of nitrogens with one attached hydrogen (secondary N) is 2. The Labute approximate surface area is 689 Å².